The number of aryl methyl sites for hydroxylation is 1. The number of imide groups is 1. The number of nitrogen functional groups attached to an aromatic ring is 1. The van der Waals surface area contributed by atoms with Gasteiger partial charge in [-0.1, -0.05) is 24.3 Å². The Morgan fingerprint density at radius 2 is 1.95 bits per heavy atom. The average molecular weight is 556 g/mol. The number of carbonyl (C=O) groups excluding carboxylic acids is 2. The highest BCUT2D eigenvalue weighted by Crippen LogP contribution is 2.61. The molecule has 10 nitrogen and oxygen atoms in total. The summed E-state index contributed by atoms with van der Waals surface area (Å²) in [6.45, 7) is 5.93. The van der Waals surface area contributed by atoms with Crippen molar-refractivity contribution in [3.05, 3.63) is 77.4 Å². The van der Waals surface area contributed by atoms with Crippen molar-refractivity contribution in [1.29, 1.82) is 0 Å². The summed E-state index contributed by atoms with van der Waals surface area (Å²) in [6, 6.07) is 14.5. The van der Waals surface area contributed by atoms with E-state index in [1.54, 1.807) is 29.9 Å². The number of ether oxygens (including phenoxy) is 1. The van der Waals surface area contributed by atoms with E-state index >= 15 is 4.39 Å². The quantitative estimate of drug-likeness (QED) is 0.360. The van der Waals surface area contributed by atoms with Crippen LogP contribution in [-0.4, -0.2) is 56.8 Å². The molecule has 0 saturated carbocycles. The van der Waals surface area contributed by atoms with Crippen LogP contribution in [0.1, 0.15) is 36.6 Å². The molecule has 2 aromatic heterocycles. The van der Waals surface area contributed by atoms with Gasteiger partial charge in [-0.05, 0) is 44.5 Å². The van der Waals surface area contributed by atoms with E-state index in [0.717, 1.165) is 11.3 Å². The number of benzene rings is 2. The Hall–Kier alpha value is -4.35. The molecule has 2 aromatic carbocycles. The summed E-state index contributed by atoms with van der Waals surface area (Å²) in [5, 5.41) is 7.13. The molecule has 0 bridgehead atoms. The number of hydrogen-bond acceptors (Lipinski definition) is 7. The molecule has 2 unspecified atom stereocenters. The van der Waals surface area contributed by atoms with E-state index in [-0.39, 0.29) is 18.9 Å². The lowest BCUT2D eigenvalue weighted by molar-refractivity contribution is -0.120. The summed E-state index contributed by atoms with van der Waals surface area (Å²) in [4.78, 5) is 32.4. The van der Waals surface area contributed by atoms with E-state index in [1.807, 2.05) is 43.3 Å². The van der Waals surface area contributed by atoms with Crippen molar-refractivity contribution in [2.75, 3.05) is 30.3 Å². The molecule has 2 atom stereocenters. The molecular formula is C30H30FN7O3. The average Bonchev–Trinajstić information content (AvgIpc) is 3.43. The number of pyridine rings is 1. The van der Waals surface area contributed by atoms with E-state index in [4.69, 9.17) is 10.5 Å². The first-order valence-electron chi connectivity index (χ1n) is 13.7. The number of fused-ring (bicyclic) bond motifs is 2. The number of urea groups is 1. The Morgan fingerprint density at radius 3 is 2.71 bits per heavy atom. The number of nitrogens with zero attached hydrogens (tertiary/aromatic N) is 5. The maximum atomic E-state index is 16.3. The first kappa shape index (κ1) is 25.6. The Labute approximate surface area is 235 Å². The van der Waals surface area contributed by atoms with Crippen molar-refractivity contribution in [2.24, 2.45) is 0 Å². The van der Waals surface area contributed by atoms with E-state index in [9.17, 15) is 9.59 Å². The monoisotopic (exact) mass is 555 g/mol. The van der Waals surface area contributed by atoms with Crippen LogP contribution in [0.4, 0.5) is 20.7 Å². The third kappa shape index (κ3) is 3.98. The van der Waals surface area contributed by atoms with Crippen molar-refractivity contribution in [1.82, 2.24) is 25.0 Å². The Kier molecular flexibility index (Phi) is 5.67. The molecule has 7 rings (SSSR count). The molecule has 210 valence electrons. The number of aromatic nitrogens is 3. The first-order chi connectivity index (χ1) is 19.7. The SMILES string of the molecule is Cc1nc2ccc(C34CCN(Cc5cnn(-c6ccccc6)c5N)CC3(C)O4)c(F)c2cc1N1CCC(=O)NC1=O. The summed E-state index contributed by atoms with van der Waals surface area (Å²) in [6.07, 6.45) is 2.59. The smallest absolute Gasteiger partial charge is 0.328 e. The number of hydrogen-bond donors (Lipinski definition) is 2. The number of carbonyl (C=O) groups is 2. The standard InChI is InChI=1S/C30H30FN7O3/c1-18-24(37-12-10-25(39)35-28(37)40)14-21-23(34-18)9-8-22(26(21)31)30-11-13-36(17-29(30,2)41-30)16-19-15-33-38(27(19)32)20-6-4-3-5-7-20/h3-9,14-15H,10-13,16-17,32H2,1-2H3,(H,35,39,40). The highest BCUT2D eigenvalue weighted by Gasteiger charge is 2.70. The molecule has 0 aliphatic carbocycles. The van der Waals surface area contributed by atoms with E-state index in [2.05, 4.69) is 20.3 Å². The summed E-state index contributed by atoms with van der Waals surface area (Å²) in [5.41, 5.74) is 9.04. The fraction of sp³-hybridized carbons (Fsp3) is 0.333. The number of piperidine rings is 1. The molecule has 3 fully saturated rings. The maximum Gasteiger partial charge on any atom is 0.328 e. The minimum absolute atomic E-state index is 0.177. The molecule has 3 aliphatic heterocycles. The fourth-order valence-electron chi connectivity index (χ4n) is 6.47. The number of para-hydroxylation sites is 1. The number of epoxide rings is 1. The van der Waals surface area contributed by atoms with Gasteiger partial charge in [0.1, 0.15) is 22.8 Å². The molecule has 0 radical (unpaired) electrons. The number of amides is 3. The Bertz CT molecular complexity index is 1720. The van der Waals surface area contributed by atoms with Crippen LogP contribution < -0.4 is 16.0 Å². The predicted octanol–water partition coefficient (Wildman–Crippen LogP) is 3.79. The van der Waals surface area contributed by atoms with E-state index in [0.29, 0.717) is 59.7 Å². The lowest BCUT2D eigenvalue weighted by Gasteiger charge is -2.32. The Balaban J connectivity index is 1.14. The van der Waals surface area contributed by atoms with Gasteiger partial charge in [0.05, 0.1) is 28.8 Å². The second-order valence-corrected chi connectivity index (χ2v) is 11.3. The highest BCUT2D eigenvalue weighted by atomic mass is 19.1. The van der Waals surface area contributed by atoms with E-state index in [1.165, 1.54) is 4.90 Å². The normalized spacial score (nSPS) is 24.4. The third-order valence-corrected chi connectivity index (χ3v) is 8.67. The summed E-state index contributed by atoms with van der Waals surface area (Å²) in [7, 11) is 0. The molecule has 0 spiro atoms. The number of likely N-dealkylation sites (tertiary alicyclic amines) is 1. The molecule has 11 heteroatoms. The minimum Gasteiger partial charge on any atom is -0.383 e. The zero-order valence-electron chi connectivity index (χ0n) is 22.9. The van der Waals surface area contributed by atoms with Crippen LogP contribution >= 0.6 is 0 Å². The molecule has 3 N–H and O–H groups in total. The van der Waals surface area contributed by atoms with Crippen molar-refractivity contribution < 1.29 is 18.7 Å². The van der Waals surface area contributed by atoms with E-state index < -0.39 is 23.1 Å². The van der Waals surface area contributed by atoms with Crippen molar-refractivity contribution in [3.8, 4) is 5.69 Å². The predicted molar refractivity (Wildman–Crippen MR) is 151 cm³/mol. The lowest BCUT2D eigenvalue weighted by atomic mass is 9.80. The largest absolute Gasteiger partial charge is 0.383 e. The molecule has 41 heavy (non-hydrogen) atoms. The molecule has 5 heterocycles. The minimum atomic E-state index is -0.749. The summed E-state index contributed by atoms with van der Waals surface area (Å²) in [5.74, 6) is -0.120. The van der Waals surface area contributed by atoms with Gasteiger partial charge in [0, 0.05) is 49.1 Å². The van der Waals surface area contributed by atoms with Crippen LogP contribution in [-0.2, 0) is 21.7 Å². The van der Waals surface area contributed by atoms with Crippen molar-refractivity contribution >= 4 is 34.3 Å². The van der Waals surface area contributed by atoms with Gasteiger partial charge in [-0.2, -0.15) is 5.10 Å². The van der Waals surface area contributed by atoms with Crippen molar-refractivity contribution in [3.63, 3.8) is 0 Å². The first-order valence-corrected chi connectivity index (χ1v) is 13.7. The highest BCUT2D eigenvalue weighted by molar-refractivity contribution is 6.06. The van der Waals surface area contributed by atoms with Crippen molar-refractivity contribution in [2.45, 2.75) is 44.4 Å². The van der Waals surface area contributed by atoms with Gasteiger partial charge in [-0.25, -0.2) is 13.9 Å². The van der Waals surface area contributed by atoms with Gasteiger partial charge < -0.3 is 10.5 Å². The number of halogens is 1. The van der Waals surface area contributed by atoms with Crippen LogP contribution in [0.2, 0.25) is 0 Å². The summed E-state index contributed by atoms with van der Waals surface area (Å²) < 4.78 is 24.4. The lowest BCUT2D eigenvalue weighted by Crippen LogP contribution is -2.49. The van der Waals surface area contributed by atoms with Gasteiger partial charge in [0.15, 0.2) is 0 Å². The third-order valence-electron chi connectivity index (χ3n) is 8.67. The molecule has 4 aromatic rings. The number of rotatable bonds is 5. The van der Waals surface area contributed by atoms with Crippen LogP contribution in [0.5, 0.6) is 0 Å². The molecule has 3 aliphatic rings. The molecule has 3 amide bonds. The zero-order chi connectivity index (χ0) is 28.5. The van der Waals surface area contributed by atoms with Crippen LogP contribution in [0.25, 0.3) is 16.6 Å². The zero-order valence-corrected chi connectivity index (χ0v) is 22.9. The fourth-order valence-corrected chi connectivity index (χ4v) is 6.47. The Morgan fingerprint density at radius 1 is 1.15 bits per heavy atom. The van der Waals surface area contributed by atoms with Crippen LogP contribution in [0.3, 0.4) is 0 Å². The van der Waals surface area contributed by atoms with Gasteiger partial charge in [0.25, 0.3) is 0 Å². The maximum absolute atomic E-state index is 16.3. The van der Waals surface area contributed by atoms with Gasteiger partial charge >= 0.3 is 6.03 Å². The molecule has 3 saturated heterocycles. The topological polar surface area (TPSA) is 122 Å². The number of anilines is 2. The number of nitrogens with two attached hydrogens (primary N) is 1. The van der Waals surface area contributed by atoms with Crippen LogP contribution in [0.15, 0.2) is 54.7 Å². The number of nitrogens with one attached hydrogen (secondary N) is 1. The second-order valence-electron chi connectivity index (χ2n) is 11.3. The van der Waals surface area contributed by atoms with Gasteiger partial charge in [0.2, 0.25) is 5.91 Å². The van der Waals surface area contributed by atoms with Gasteiger partial charge in [-0.3, -0.25) is 24.9 Å². The van der Waals surface area contributed by atoms with Gasteiger partial charge in [-0.15, -0.1) is 0 Å². The van der Waals surface area contributed by atoms with Crippen LogP contribution in [0, 0.1) is 12.7 Å². The molecular weight excluding hydrogens is 525 g/mol. The summed E-state index contributed by atoms with van der Waals surface area (Å²) >= 11 is 0. The second kappa shape index (κ2) is 9.08.